The molecule has 3 heteroatoms. The number of allylic oxidation sites excluding steroid dienone is 2. The van der Waals surface area contributed by atoms with Gasteiger partial charge in [0.25, 0.3) is 0 Å². The van der Waals surface area contributed by atoms with Crippen molar-refractivity contribution in [1.82, 2.24) is 0 Å². The van der Waals surface area contributed by atoms with Crippen LogP contribution in [0.2, 0.25) is 0 Å². The van der Waals surface area contributed by atoms with Crippen LogP contribution in [0.4, 0.5) is 11.4 Å². The third-order valence-corrected chi connectivity index (χ3v) is 14.1. The van der Waals surface area contributed by atoms with Crippen molar-refractivity contribution in [2.45, 2.75) is 0 Å². The van der Waals surface area contributed by atoms with Crippen LogP contribution in [0.3, 0.4) is 0 Å². The van der Waals surface area contributed by atoms with Crippen molar-refractivity contribution in [1.29, 1.82) is 0 Å². The van der Waals surface area contributed by atoms with Crippen molar-refractivity contribution >= 4 is 82.1 Å². The van der Waals surface area contributed by atoms with Crippen molar-refractivity contribution in [3.05, 3.63) is 260 Å². The Labute approximate surface area is 406 Å². The van der Waals surface area contributed by atoms with E-state index in [1.807, 2.05) is 18.2 Å². The fourth-order valence-electron chi connectivity index (χ4n) is 10.9. The van der Waals surface area contributed by atoms with Gasteiger partial charge in [0.15, 0.2) is 11.5 Å². The Balaban J connectivity index is 0.989. The summed E-state index contributed by atoms with van der Waals surface area (Å²) in [6, 6.07) is 80.8. The van der Waals surface area contributed by atoms with Crippen LogP contribution < -0.4 is 14.4 Å². The quantitative estimate of drug-likeness (QED) is 0.142. The molecular weight excluding hydrogens is 851 g/mol. The highest BCUT2D eigenvalue weighted by Crippen LogP contribution is 2.49. The van der Waals surface area contributed by atoms with Gasteiger partial charge in [0, 0.05) is 5.69 Å². The van der Waals surface area contributed by atoms with E-state index in [-0.39, 0.29) is 0 Å². The third kappa shape index (κ3) is 6.74. The van der Waals surface area contributed by atoms with Crippen LogP contribution in [0.15, 0.2) is 255 Å². The summed E-state index contributed by atoms with van der Waals surface area (Å²) >= 11 is 0. The van der Waals surface area contributed by atoms with Gasteiger partial charge in [0.05, 0.1) is 18.5 Å². The van der Waals surface area contributed by atoms with E-state index >= 15 is 0 Å². The molecule has 12 aromatic carbocycles. The van der Waals surface area contributed by atoms with Gasteiger partial charge in [-0.1, -0.05) is 183 Å². The normalized spacial score (nSPS) is 12.7. The van der Waals surface area contributed by atoms with Gasteiger partial charge in [0.1, 0.15) is 5.75 Å². The minimum atomic E-state index is 0.684. The highest BCUT2D eigenvalue weighted by molar-refractivity contribution is 6.22. The smallest absolute Gasteiger partial charge is 0.152 e. The Kier molecular flexibility index (Phi) is 9.88. The molecule has 0 aliphatic carbocycles. The first kappa shape index (κ1) is 41.0. The molecule has 0 saturated heterocycles. The molecule has 0 N–H and O–H groups in total. The maximum Gasteiger partial charge on any atom is 0.152 e. The van der Waals surface area contributed by atoms with E-state index in [1.165, 1.54) is 76.1 Å². The summed E-state index contributed by atoms with van der Waals surface area (Å²) in [4.78, 5) is 2.24. The first-order valence-electron chi connectivity index (χ1n) is 23.8. The van der Waals surface area contributed by atoms with Crippen molar-refractivity contribution in [2.24, 2.45) is 0 Å². The van der Waals surface area contributed by atoms with E-state index in [9.17, 15) is 0 Å². The molecule has 0 saturated carbocycles. The van der Waals surface area contributed by atoms with E-state index in [0.29, 0.717) is 5.76 Å². The molecule has 0 spiro atoms. The number of benzene rings is 12. The topological polar surface area (TPSA) is 21.7 Å². The SMILES string of the molecule is C=CC1=C(C=Cc2c3ccccc3c(-c3ccc4ccccc4c3)c3ccccc23)Oc2cc(-c3c4ccccc4c(-c4ccc5ccccc5c4)c4ccccc34)ccc2N1c1ccc(OC)cc1. The number of hydrogen-bond acceptors (Lipinski definition) is 3. The Morgan fingerprint density at radius 2 is 0.829 bits per heavy atom. The molecule has 70 heavy (non-hydrogen) atoms. The maximum atomic E-state index is 7.19. The number of fused-ring (bicyclic) bond motifs is 7. The Morgan fingerprint density at radius 3 is 1.30 bits per heavy atom. The summed E-state index contributed by atoms with van der Waals surface area (Å²) in [6.45, 7) is 4.38. The van der Waals surface area contributed by atoms with Crippen LogP contribution in [-0.2, 0) is 0 Å². The Morgan fingerprint density at radius 1 is 0.414 bits per heavy atom. The number of anilines is 2. The van der Waals surface area contributed by atoms with Crippen molar-refractivity contribution in [3.8, 4) is 44.9 Å². The Bertz CT molecular complexity index is 4050. The Hall–Kier alpha value is -9.18. The lowest BCUT2D eigenvalue weighted by molar-refractivity contribution is 0.415. The van der Waals surface area contributed by atoms with E-state index in [0.717, 1.165) is 56.0 Å². The fraction of sp³-hybridized carbons (Fsp3) is 0.0149. The summed E-state index contributed by atoms with van der Waals surface area (Å²) in [5.74, 6) is 2.21. The predicted molar refractivity (Wildman–Crippen MR) is 296 cm³/mol. The molecule has 1 aliphatic rings. The summed E-state index contributed by atoms with van der Waals surface area (Å²) in [6.07, 6.45) is 6.24. The lowest BCUT2D eigenvalue weighted by Crippen LogP contribution is -2.23. The summed E-state index contributed by atoms with van der Waals surface area (Å²) in [5.41, 5.74) is 10.9. The molecule has 0 amide bonds. The first-order chi connectivity index (χ1) is 34.6. The molecule has 1 aliphatic heterocycles. The number of hydrogen-bond donors (Lipinski definition) is 0. The predicted octanol–water partition coefficient (Wildman–Crippen LogP) is 18.3. The lowest BCUT2D eigenvalue weighted by Gasteiger charge is -2.33. The zero-order valence-electron chi connectivity index (χ0n) is 38.6. The van der Waals surface area contributed by atoms with Crippen molar-refractivity contribution in [2.75, 3.05) is 12.0 Å². The summed E-state index contributed by atoms with van der Waals surface area (Å²) in [5, 5.41) is 14.4. The van der Waals surface area contributed by atoms with Gasteiger partial charge in [0.2, 0.25) is 0 Å². The van der Waals surface area contributed by atoms with Crippen LogP contribution in [-0.4, -0.2) is 7.11 Å². The van der Waals surface area contributed by atoms with E-state index < -0.39 is 0 Å². The summed E-state index contributed by atoms with van der Waals surface area (Å²) < 4.78 is 12.8. The van der Waals surface area contributed by atoms with Crippen LogP contribution in [0.25, 0.3) is 104 Å². The number of ether oxygens (including phenoxy) is 2. The van der Waals surface area contributed by atoms with Gasteiger partial charge in [-0.3, -0.25) is 0 Å². The van der Waals surface area contributed by atoms with Gasteiger partial charge >= 0.3 is 0 Å². The van der Waals surface area contributed by atoms with Crippen LogP contribution >= 0.6 is 0 Å². The minimum Gasteiger partial charge on any atom is -0.497 e. The molecule has 0 bridgehead atoms. The molecule has 0 atom stereocenters. The monoisotopic (exact) mass is 895 g/mol. The van der Waals surface area contributed by atoms with Crippen LogP contribution in [0, 0.1) is 0 Å². The molecule has 330 valence electrons. The number of rotatable bonds is 8. The van der Waals surface area contributed by atoms with Gasteiger partial charge < -0.3 is 14.4 Å². The van der Waals surface area contributed by atoms with Gasteiger partial charge in [-0.15, -0.1) is 0 Å². The van der Waals surface area contributed by atoms with Gasteiger partial charge in [-0.2, -0.15) is 0 Å². The molecule has 1 heterocycles. The molecule has 13 rings (SSSR count). The van der Waals surface area contributed by atoms with E-state index in [4.69, 9.17) is 9.47 Å². The lowest BCUT2D eigenvalue weighted by atomic mass is 9.85. The second kappa shape index (κ2) is 16.9. The maximum absolute atomic E-state index is 7.19. The molecule has 3 nitrogen and oxygen atoms in total. The first-order valence-corrected chi connectivity index (χ1v) is 23.8. The number of nitrogens with zero attached hydrogens (tertiary/aromatic N) is 1. The second-order valence-corrected chi connectivity index (χ2v) is 17.9. The molecular formula is C67H45NO2. The van der Waals surface area contributed by atoms with E-state index in [1.54, 1.807) is 7.11 Å². The highest BCUT2D eigenvalue weighted by atomic mass is 16.5. The van der Waals surface area contributed by atoms with Crippen molar-refractivity contribution in [3.63, 3.8) is 0 Å². The largest absolute Gasteiger partial charge is 0.497 e. The molecule has 0 radical (unpaired) electrons. The fourth-order valence-corrected chi connectivity index (χ4v) is 10.9. The van der Waals surface area contributed by atoms with Crippen LogP contribution in [0.1, 0.15) is 5.56 Å². The molecule has 12 aromatic rings. The molecule has 0 unspecified atom stereocenters. The van der Waals surface area contributed by atoms with Gasteiger partial charge in [-0.05, 0) is 170 Å². The van der Waals surface area contributed by atoms with Crippen molar-refractivity contribution < 1.29 is 9.47 Å². The minimum absolute atomic E-state index is 0.684. The average Bonchev–Trinajstić information content (AvgIpc) is 3.42. The highest BCUT2D eigenvalue weighted by Gasteiger charge is 2.28. The van der Waals surface area contributed by atoms with E-state index in [2.05, 4.69) is 236 Å². The zero-order valence-corrected chi connectivity index (χ0v) is 38.6. The number of methoxy groups -OCH3 is 1. The standard InChI is InChI=1S/C67H45NO2/c1-3-61-63(39-37-54-52-20-8-10-22-55(52)65(56-23-11-9-21-53(54)56)47-30-28-43-16-4-6-18-45(43)40-47)70-64-42-49(32-38-62(64)68(61)50-33-35-51(69-2)36-34-50)67-59-26-14-12-24-57(59)66(58-25-13-15-27-60(58)67)48-31-29-44-17-5-7-19-46(44)41-48/h3-42H,1H2,2H3. The molecule has 0 aromatic heterocycles. The second-order valence-electron chi connectivity index (χ2n) is 17.9. The zero-order chi connectivity index (χ0) is 46.7. The van der Waals surface area contributed by atoms with Crippen LogP contribution in [0.5, 0.6) is 11.5 Å². The average molecular weight is 896 g/mol. The summed E-state index contributed by atoms with van der Waals surface area (Å²) in [7, 11) is 1.70. The molecule has 0 fully saturated rings. The van der Waals surface area contributed by atoms with Gasteiger partial charge in [-0.25, -0.2) is 0 Å². The third-order valence-electron chi connectivity index (χ3n) is 14.1.